The normalized spacial score (nSPS) is 13.1. The van der Waals surface area contributed by atoms with Gasteiger partial charge in [0.1, 0.15) is 0 Å². The number of hydrogen-bond donors (Lipinski definition) is 1. The summed E-state index contributed by atoms with van der Waals surface area (Å²) in [5, 5.41) is 9.98. The molecule has 18 heavy (non-hydrogen) atoms. The van der Waals surface area contributed by atoms with E-state index in [4.69, 9.17) is 11.6 Å². The van der Waals surface area contributed by atoms with Gasteiger partial charge in [0.25, 0.3) is 0 Å². The van der Waals surface area contributed by atoms with E-state index in [0.29, 0.717) is 6.54 Å². The van der Waals surface area contributed by atoms with Crippen LogP contribution in [0.25, 0.3) is 0 Å². The van der Waals surface area contributed by atoms with Crippen LogP contribution in [0.1, 0.15) is 0 Å². The minimum Gasteiger partial charge on any atom is -0.395 e. The summed E-state index contributed by atoms with van der Waals surface area (Å²) in [5.41, 5.74) is 2.20. The van der Waals surface area contributed by atoms with E-state index in [0.717, 1.165) is 16.4 Å². The fourth-order valence-corrected chi connectivity index (χ4v) is 3.39. The first-order chi connectivity index (χ1) is 8.79. The summed E-state index contributed by atoms with van der Waals surface area (Å²) in [7, 11) is 0. The van der Waals surface area contributed by atoms with Gasteiger partial charge in [0, 0.05) is 21.4 Å². The van der Waals surface area contributed by atoms with E-state index in [1.54, 1.807) is 11.8 Å². The Hall–Kier alpha value is -1.16. The number of fused-ring (bicyclic) bond motifs is 2. The smallest absolute Gasteiger partial charge is 0.0610 e. The van der Waals surface area contributed by atoms with Crippen molar-refractivity contribution < 1.29 is 5.11 Å². The van der Waals surface area contributed by atoms with Crippen LogP contribution in [0.2, 0.25) is 5.02 Å². The molecular formula is C14H12ClNOS. The number of β-amino-alcohol motifs (C(OH)–C–C–N with tert-alkyl or cyclic N) is 1. The Kier molecular flexibility index (Phi) is 3.20. The maximum atomic E-state index is 9.26. The maximum absolute atomic E-state index is 9.26. The molecular weight excluding hydrogens is 266 g/mol. The second-order valence-corrected chi connectivity index (χ2v) is 5.58. The summed E-state index contributed by atoms with van der Waals surface area (Å²) in [6.45, 7) is 0.690. The van der Waals surface area contributed by atoms with Crippen molar-refractivity contribution in [2.24, 2.45) is 0 Å². The van der Waals surface area contributed by atoms with Crippen LogP contribution in [0.3, 0.4) is 0 Å². The van der Waals surface area contributed by atoms with Gasteiger partial charge in [-0.15, -0.1) is 0 Å². The molecule has 0 spiro atoms. The highest BCUT2D eigenvalue weighted by Gasteiger charge is 2.22. The first-order valence-electron chi connectivity index (χ1n) is 5.74. The van der Waals surface area contributed by atoms with E-state index in [9.17, 15) is 5.11 Å². The van der Waals surface area contributed by atoms with Gasteiger partial charge in [-0.25, -0.2) is 0 Å². The highest BCUT2D eigenvalue weighted by molar-refractivity contribution is 7.99. The summed E-state index contributed by atoms with van der Waals surface area (Å²) in [6.07, 6.45) is 0. The van der Waals surface area contributed by atoms with Crippen LogP contribution in [0.5, 0.6) is 0 Å². The van der Waals surface area contributed by atoms with Gasteiger partial charge < -0.3 is 10.0 Å². The van der Waals surface area contributed by atoms with E-state index in [-0.39, 0.29) is 6.61 Å². The minimum atomic E-state index is 0.116. The summed E-state index contributed by atoms with van der Waals surface area (Å²) < 4.78 is 0. The molecule has 3 rings (SSSR count). The first kappa shape index (κ1) is 11.9. The van der Waals surface area contributed by atoms with E-state index in [2.05, 4.69) is 17.0 Å². The Labute approximate surface area is 115 Å². The molecule has 4 heteroatoms. The van der Waals surface area contributed by atoms with E-state index < -0.39 is 0 Å². The molecule has 0 saturated heterocycles. The Bertz CT molecular complexity index is 588. The fraction of sp³-hybridized carbons (Fsp3) is 0.143. The number of rotatable bonds is 2. The molecule has 2 aromatic rings. The Balaban J connectivity index is 2.15. The van der Waals surface area contributed by atoms with Crippen LogP contribution in [-0.2, 0) is 0 Å². The van der Waals surface area contributed by atoms with Crippen LogP contribution in [0.15, 0.2) is 52.3 Å². The molecule has 0 amide bonds. The molecule has 1 aliphatic rings. The van der Waals surface area contributed by atoms with Crippen molar-refractivity contribution in [1.82, 2.24) is 0 Å². The zero-order chi connectivity index (χ0) is 12.5. The summed E-state index contributed by atoms with van der Waals surface area (Å²) in [6, 6.07) is 14.1. The van der Waals surface area contributed by atoms with Crippen LogP contribution in [-0.4, -0.2) is 18.3 Å². The lowest BCUT2D eigenvalue weighted by atomic mass is 10.2. The van der Waals surface area contributed by atoms with Crippen LogP contribution in [0.4, 0.5) is 11.4 Å². The number of benzene rings is 2. The van der Waals surface area contributed by atoms with Gasteiger partial charge >= 0.3 is 0 Å². The van der Waals surface area contributed by atoms with E-state index in [1.165, 1.54) is 9.79 Å². The SMILES string of the molecule is OCCN1c2ccccc2Sc2ccc(Cl)cc21. The Morgan fingerprint density at radius 3 is 2.67 bits per heavy atom. The summed E-state index contributed by atoms with van der Waals surface area (Å²) in [5.74, 6) is 0. The van der Waals surface area contributed by atoms with Crippen molar-refractivity contribution in [1.29, 1.82) is 0 Å². The van der Waals surface area contributed by atoms with Gasteiger partial charge in [-0.1, -0.05) is 35.5 Å². The molecule has 2 aromatic carbocycles. The number of anilines is 2. The Morgan fingerprint density at radius 2 is 1.83 bits per heavy atom. The largest absolute Gasteiger partial charge is 0.395 e. The van der Waals surface area contributed by atoms with Gasteiger partial charge in [0.15, 0.2) is 0 Å². The van der Waals surface area contributed by atoms with Crippen molar-refractivity contribution in [2.75, 3.05) is 18.1 Å². The third kappa shape index (κ3) is 1.99. The predicted molar refractivity (Wildman–Crippen MR) is 76.1 cm³/mol. The molecule has 92 valence electrons. The van der Waals surface area contributed by atoms with Crippen molar-refractivity contribution in [3.05, 3.63) is 47.5 Å². The topological polar surface area (TPSA) is 23.5 Å². The van der Waals surface area contributed by atoms with Crippen molar-refractivity contribution in [3.8, 4) is 0 Å². The molecule has 0 aromatic heterocycles. The van der Waals surface area contributed by atoms with Crippen LogP contribution < -0.4 is 4.90 Å². The summed E-state index contributed by atoms with van der Waals surface area (Å²) >= 11 is 7.81. The average molecular weight is 278 g/mol. The van der Waals surface area contributed by atoms with Crippen molar-refractivity contribution in [3.63, 3.8) is 0 Å². The molecule has 0 bridgehead atoms. The van der Waals surface area contributed by atoms with Crippen molar-refractivity contribution >= 4 is 34.7 Å². The van der Waals surface area contributed by atoms with Crippen LogP contribution >= 0.6 is 23.4 Å². The molecule has 2 nitrogen and oxygen atoms in total. The molecule has 0 unspecified atom stereocenters. The second-order valence-electron chi connectivity index (χ2n) is 4.06. The van der Waals surface area contributed by atoms with E-state index in [1.807, 2.05) is 30.3 Å². The quantitative estimate of drug-likeness (QED) is 0.900. The first-order valence-corrected chi connectivity index (χ1v) is 6.94. The van der Waals surface area contributed by atoms with Gasteiger partial charge in [0.2, 0.25) is 0 Å². The zero-order valence-corrected chi connectivity index (χ0v) is 11.2. The van der Waals surface area contributed by atoms with Gasteiger partial charge in [-0.2, -0.15) is 0 Å². The lowest BCUT2D eigenvalue weighted by molar-refractivity contribution is 0.305. The third-order valence-corrected chi connectivity index (χ3v) is 4.28. The number of aliphatic hydroxyl groups excluding tert-OH is 1. The molecule has 0 radical (unpaired) electrons. The Morgan fingerprint density at radius 1 is 1.06 bits per heavy atom. The van der Waals surface area contributed by atoms with Gasteiger partial charge in [-0.3, -0.25) is 0 Å². The molecule has 0 atom stereocenters. The minimum absolute atomic E-state index is 0.116. The fourth-order valence-electron chi connectivity index (χ4n) is 2.14. The predicted octanol–water partition coefficient (Wildman–Crippen LogP) is 3.94. The molecule has 0 fully saturated rings. The number of hydrogen-bond acceptors (Lipinski definition) is 3. The molecule has 0 aliphatic carbocycles. The highest BCUT2D eigenvalue weighted by atomic mass is 35.5. The zero-order valence-electron chi connectivity index (χ0n) is 9.64. The van der Waals surface area contributed by atoms with Gasteiger partial charge in [-0.05, 0) is 30.3 Å². The average Bonchev–Trinajstić information content (AvgIpc) is 2.39. The van der Waals surface area contributed by atoms with E-state index >= 15 is 0 Å². The standard InChI is InChI=1S/C14H12ClNOS/c15-10-5-6-14-12(9-10)16(7-8-17)11-3-1-2-4-13(11)18-14/h1-6,9,17H,7-8H2. The second kappa shape index (κ2) is 4.84. The number of nitrogens with zero attached hydrogens (tertiary/aromatic N) is 1. The van der Waals surface area contributed by atoms with Crippen LogP contribution in [0, 0.1) is 0 Å². The van der Waals surface area contributed by atoms with Gasteiger partial charge in [0.05, 0.1) is 18.0 Å². The van der Waals surface area contributed by atoms with Crippen molar-refractivity contribution in [2.45, 2.75) is 9.79 Å². The molecule has 0 saturated carbocycles. The highest BCUT2D eigenvalue weighted by Crippen LogP contribution is 2.48. The monoisotopic (exact) mass is 277 g/mol. The number of halogens is 1. The molecule has 1 aliphatic heterocycles. The lowest BCUT2D eigenvalue weighted by Gasteiger charge is -2.32. The molecule has 1 N–H and O–H groups in total. The molecule has 1 heterocycles. The lowest BCUT2D eigenvalue weighted by Crippen LogP contribution is -2.24. The third-order valence-electron chi connectivity index (χ3n) is 2.91. The number of para-hydroxylation sites is 1. The summed E-state index contributed by atoms with van der Waals surface area (Å²) in [4.78, 5) is 4.50. The maximum Gasteiger partial charge on any atom is 0.0610 e. The number of aliphatic hydroxyl groups is 1.